The van der Waals surface area contributed by atoms with Gasteiger partial charge in [-0.25, -0.2) is 0 Å². The van der Waals surface area contributed by atoms with E-state index in [1.807, 2.05) is 0 Å². The van der Waals surface area contributed by atoms with Crippen molar-refractivity contribution in [2.45, 2.75) is 25.9 Å². The third kappa shape index (κ3) is 5.75. The molecule has 1 N–H and O–H groups in total. The maximum Gasteiger partial charge on any atom is 0.387 e. The molecule has 1 heterocycles. The first kappa shape index (κ1) is 19.8. The second kappa shape index (κ2) is 9.27. The fourth-order valence-electron chi connectivity index (χ4n) is 2.42. The number of nitrogens with zero attached hydrogens (tertiary/aromatic N) is 2. The van der Waals surface area contributed by atoms with E-state index >= 15 is 0 Å². The van der Waals surface area contributed by atoms with Crippen LogP contribution in [0.5, 0.6) is 5.75 Å². The topological polar surface area (TPSA) is 77.2 Å². The number of anilines is 1. The molecule has 0 bridgehead atoms. The predicted octanol–water partition coefficient (Wildman–Crippen LogP) is 4.95. The lowest BCUT2D eigenvalue weighted by Crippen LogP contribution is -2.11. The van der Waals surface area contributed by atoms with Crippen LogP contribution >= 0.6 is 11.6 Å². The van der Waals surface area contributed by atoms with E-state index in [4.69, 9.17) is 16.1 Å². The first-order chi connectivity index (χ1) is 13.5. The number of rotatable bonds is 8. The highest BCUT2D eigenvalue weighted by Crippen LogP contribution is 2.20. The Kier molecular flexibility index (Phi) is 6.54. The molecular weight excluding hydrogens is 392 g/mol. The van der Waals surface area contributed by atoms with Crippen LogP contribution in [0.2, 0.25) is 5.02 Å². The van der Waals surface area contributed by atoms with Gasteiger partial charge >= 0.3 is 6.61 Å². The first-order valence-electron chi connectivity index (χ1n) is 8.43. The van der Waals surface area contributed by atoms with Gasteiger partial charge in [0, 0.05) is 29.1 Å². The van der Waals surface area contributed by atoms with E-state index in [1.165, 1.54) is 24.3 Å². The molecule has 1 amide bonds. The van der Waals surface area contributed by atoms with Gasteiger partial charge in [0.15, 0.2) is 0 Å². The summed E-state index contributed by atoms with van der Waals surface area (Å²) in [5.74, 6) is 0.717. The molecule has 0 aliphatic carbocycles. The largest absolute Gasteiger partial charge is 0.435 e. The van der Waals surface area contributed by atoms with Gasteiger partial charge in [0.25, 0.3) is 0 Å². The second-order valence-electron chi connectivity index (χ2n) is 5.82. The van der Waals surface area contributed by atoms with Gasteiger partial charge in [-0.15, -0.1) is 0 Å². The quantitative estimate of drug-likeness (QED) is 0.571. The SMILES string of the molecule is O=C(CCCc1nc(-c2ccc(Cl)cc2)no1)Nc1ccc(OC(F)F)cc1. The molecular formula is C19H16ClF2N3O3. The lowest BCUT2D eigenvalue weighted by atomic mass is 10.2. The number of hydrogen-bond acceptors (Lipinski definition) is 5. The number of nitrogens with one attached hydrogen (secondary N) is 1. The van der Waals surface area contributed by atoms with E-state index in [-0.39, 0.29) is 18.1 Å². The molecule has 0 aliphatic heterocycles. The van der Waals surface area contributed by atoms with Crippen molar-refractivity contribution in [1.82, 2.24) is 10.1 Å². The normalized spacial score (nSPS) is 10.9. The molecule has 0 unspecified atom stereocenters. The van der Waals surface area contributed by atoms with Gasteiger partial charge in [-0.3, -0.25) is 4.79 Å². The molecule has 0 fully saturated rings. The average Bonchev–Trinajstić information content (AvgIpc) is 3.12. The van der Waals surface area contributed by atoms with Crippen LogP contribution < -0.4 is 10.1 Å². The molecule has 0 spiro atoms. The summed E-state index contributed by atoms with van der Waals surface area (Å²) in [7, 11) is 0. The van der Waals surface area contributed by atoms with Gasteiger partial charge in [0.05, 0.1) is 0 Å². The van der Waals surface area contributed by atoms with Gasteiger partial charge in [-0.05, 0) is 55.0 Å². The molecule has 0 saturated carbocycles. The summed E-state index contributed by atoms with van der Waals surface area (Å²) in [6.07, 6.45) is 1.21. The third-order valence-electron chi connectivity index (χ3n) is 3.73. The van der Waals surface area contributed by atoms with E-state index in [2.05, 4.69) is 20.2 Å². The number of halogens is 3. The third-order valence-corrected chi connectivity index (χ3v) is 3.98. The predicted molar refractivity (Wildman–Crippen MR) is 99.4 cm³/mol. The summed E-state index contributed by atoms with van der Waals surface area (Å²) in [5, 5.41) is 7.22. The highest BCUT2D eigenvalue weighted by atomic mass is 35.5. The Morgan fingerprint density at radius 1 is 1.14 bits per heavy atom. The van der Waals surface area contributed by atoms with Crippen LogP contribution in [0.15, 0.2) is 53.1 Å². The van der Waals surface area contributed by atoms with Crippen molar-refractivity contribution >= 4 is 23.2 Å². The smallest absolute Gasteiger partial charge is 0.387 e. The molecule has 3 rings (SSSR count). The van der Waals surface area contributed by atoms with Gasteiger partial charge in [-0.2, -0.15) is 13.8 Å². The van der Waals surface area contributed by atoms with Crippen LogP contribution in [-0.4, -0.2) is 22.7 Å². The molecule has 6 nitrogen and oxygen atoms in total. The van der Waals surface area contributed by atoms with Crippen molar-refractivity contribution in [3.63, 3.8) is 0 Å². The van der Waals surface area contributed by atoms with Crippen molar-refractivity contribution in [3.05, 3.63) is 59.4 Å². The molecule has 0 aliphatic rings. The van der Waals surface area contributed by atoms with Crippen molar-refractivity contribution < 1.29 is 22.8 Å². The molecule has 28 heavy (non-hydrogen) atoms. The summed E-state index contributed by atoms with van der Waals surface area (Å²) >= 11 is 5.85. The number of hydrogen-bond donors (Lipinski definition) is 1. The Labute approximate surface area is 164 Å². The Hall–Kier alpha value is -3.00. The van der Waals surface area contributed by atoms with Crippen LogP contribution in [0.25, 0.3) is 11.4 Å². The summed E-state index contributed by atoms with van der Waals surface area (Å²) in [6, 6.07) is 12.8. The molecule has 0 radical (unpaired) electrons. The zero-order valence-corrected chi connectivity index (χ0v) is 15.3. The summed E-state index contributed by atoms with van der Waals surface area (Å²) in [5.41, 5.74) is 1.28. The summed E-state index contributed by atoms with van der Waals surface area (Å²) < 4.78 is 33.7. The maximum atomic E-state index is 12.1. The van der Waals surface area contributed by atoms with Gasteiger partial charge < -0.3 is 14.6 Å². The van der Waals surface area contributed by atoms with Crippen molar-refractivity contribution in [3.8, 4) is 17.1 Å². The number of benzene rings is 2. The van der Waals surface area contributed by atoms with E-state index in [1.54, 1.807) is 24.3 Å². The van der Waals surface area contributed by atoms with Crippen LogP contribution in [0.4, 0.5) is 14.5 Å². The first-order valence-corrected chi connectivity index (χ1v) is 8.80. The van der Waals surface area contributed by atoms with Gasteiger partial charge in [0.1, 0.15) is 5.75 Å². The highest BCUT2D eigenvalue weighted by Gasteiger charge is 2.10. The van der Waals surface area contributed by atoms with Crippen LogP contribution in [0.1, 0.15) is 18.7 Å². The van der Waals surface area contributed by atoms with E-state index < -0.39 is 6.61 Å². The minimum absolute atomic E-state index is 0.0286. The van der Waals surface area contributed by atoms with Gasteiger partial charge in [0.2, 0.25) is 17.6 Å². The molecule has 9 heteroatoms. The monoisotopic (exact) mass is 407 g/mol. The number of aryl methyl sites for hydroxylation is 1. The van der Waals surface area contributed by atoms with E-state index in [0.717, 1.165) is 5.56 Å². The molecule has 0 saturated heterocycles. The average molecular weight is 408 g/mol. The summed E-state index contributed by atoms with van der Waals surface area (Å²) in [4.78, 5) is 16.3. The van der Waals surface area contributed by atoms with Gasteiger partial charge in [-0.1, -0.05) is 16.8 Å². The Morgan fingerprint density at radius 2 is 1.86 bits per heavy atom. The fourth-order valence-corrected chi connectivity index (χ4v) is 2.54. The molecule has 146 valence electrons. The highest BCUT2D eigenvalue weighted by molar-refractivity contribution is 6.30. The van der Waals surface area contributed by atoms with Crippen molar-refractivity contribution in [1.29, 1.82) is 0 Å². The fraction of sp³-hybridized carbons (Fsp3) is 0.211. The molecule has 0 atom stereocenters. The molecule has 3 aromatic rings. The zero-order chi connectivity index (χ0) is 19.9. The minimum Gasteiger partial charge on any atom is -0.435 e. The lowest BCUT2D eigenvalue weighted by Gasteiger charge is -2.07. The van der Waals surface area contributed by atoms with Crippen LogP contribution in [0.3, 0.4) is 0 Å². The Balaban J connectivity index is 1.45. The van der Waals surface area contributed by atoms with Crippen molar-refractivity contribution in [2.24, 2.45) is 0 Å². The number of amides is 1. The number of aromatic nitrogens is 2. The number of carbonyl (C=O) groups excluding carboxylic acids is 1. The molecule has 1 aromatic heterocycles. The molecule has 2 aromatic carbocycles. The zero-order valence-electron chi connectivity index (χ0n) is 14.6. The van der Waals surface area contributed by atoms with E-state index in [9.17, 15) is 13.6 Å². The lowest BCUT2D eigenvalue weighted by molar-refractivity contribution is -0.116. The minimum atomic E-state index is -2.88. The second-order valence-corrected chi connectivity index (χ2v) is 6.26. The van der Waals surface area contributed by atoms with Crippen LogP contribution in [0, 0.1) is 0 Å². The van der Waals surface area contributed by atoms with Crippen molar-refractivity contribution in [2.75, 3.05) is 5.32 Å². The van der Waals surface area contributed by atoms with Crippen LogP contribution in [-0.2, 0) is 11.2 Å². The summed E-state index contributed by atoms with van der Waals surface area (Å²) in [6.45, 7) is -2.88. The number of alkyl halides is 2. The Morgan fingerprint density at radius 3 is 2.54 bits per heavy atom. The Bertz CT molecular complexity index is 915. The standard InChI is InChI=1S/C19H16ClF2N3O3/c20-13-6-4-12(5-7-13)18-24-17(28-25-18)3-1-2-16(26)23-14-8-10-15(11-9-14)27-19(21)22/h4-11,19H,1-3H2,(H,23,26). The van der Waals surface area contributed by atoms with E-state index in [0.29, 0.717) is 35.3 Å². The number of carbonyl (C=O) groups is 1. The number of ether oxygens (including phenoxy) is 1. The maximum absolute atomic E-state index is 12.1.